The second kappa shape index (κ2) is 11.1. The number of rotatable bonds is 5. The topological polar surface area (TPSA) is 134 Å². The van der Waals surface area contributed by atoms with Crippen LogP contribution in [0.5, 0.6) is 5.75 Å². The SMILES string of the molecule is COc1ccc(COC(=O)N2C[C@H](O)C[C@H]2CO)cc1.Cc1ccc(S(=O)(=O)O)cc1. The number of aliphatic hydroxyl groups is 2. The summed E-state index contributed by atoms with van der Waals surface area (Å²) in [6, 6.07) is 12.8. The molecule has 2 aromatic carbocycles. The summed E-state index contributed by atoms with van der Waals surface area (Å²) in [5, 5.41) is 18.7. The van der Waals surface area contributed by atoms with Crippen LogP contribution in [0.1, 0.15) is 17.5 Å². The Bertz CT molecular complexity index is 944. The van der Waals surface area contributed by atoms with Crippen LogP contribution in [0.15, 0.2) is 53.4 Å². The van der Waals surface area contributed by atoms with Gasteiger partial charge in [-0.2, -0.15) is 8.42 Å². The number of nitrogens with zero attached hydrogens (tertiary/aromatic N) is 1. The highest BCUT2D eigenvalue weighted by atomic mass is 32.2. The second-order valence-corrected chi connectivity index (χ2v) is 8.49. The molecule has 0 aliphatic carbocycles. The molecule has 170 valence electrons. The number of methoxy groups -OCH3 is 1. The molecule has 1 amide bonds. The van der Waals surface area contributed by atoms with Crippen molar-refractivity contribution in [1.82, 2.24) is 4.90 Å². The van der Waals surface area contributed by atoms with Gasteiger partial charge in [-0.1, -0.05) is 29.8 Å². The van der Waals surface area contributed by atoms with E-state index in [1.165, 1.54) is 17.0 Å². The fourth-order valence-corrected chi connectivity index (χ4v) is 3.43. The van der Waals surface area contributed by atoms with E-state index in [0.717, 1.165) is 16.9 Å². The normalized spacial score (nSPS) is 18.2. The molecule has 1 aliphatic rings. The monoisotopic (exact) mass is 453 g/mol. The Labute approximate surface area is 181 Å². The van der Waals surface area contributed by atoms with Gasteiger partial charge in [-0.15, -0.1) is 0 Å². The zero-order valence-corrected chi connectivity index (χ0v) is 18.2. The average molecular weight is 454 g/mol. The molecule has 1 aliphatic heterocycles. The molecule has 3 N–H and O–H groups in total. The number of amides is 1. The summed E-state index contributed by atoms with van der Waals surface area (Å²) in [6.45, 7) is 2.02. The molecule has 0 bridgehead atoms. The number of ether oxygens (including phenoxy) is 2. The third-order valence-electron chi connectivity index (χ3n) is 4.68. The number of aliphatic hydroxyl groups excluding tert-OH is 2. The van der Waals surface area contributed by atoms with Gasteiger partial charge in [-0.3, -0.25) is 4.55 Å². The molecule has 1 saturated heterocycles. The molecular weight excluding hydrogens is 426 g/mol. The molecule has 2 atom stereocenters. The molecule has 1 heterocycles. The molecule has 9 nitrogen and oxygen atoms in total. The van der Waals surface area contributed by atoms with E-state index in [-0.39, 0.29) is 30.7 Å². The number of β-amino-alcohol motifs (C(OH)–C–C–N with tert-alkyl or cyclic N) is 1. The molecule has 0 spiro atoms. The van der Waals surface area contributed by atoms with Crippen LogP contribution in [0, 0.1) is 6.92 Å². The van der Waals surface area contributed by atoms with E-state index in [1.807, 2.05) is 19.1 Å². The van der Waals surface area contributed by atoms with Crippen molar-refractivity contribution < 1.29 is 37.5 Å². The minimum absolute atomic E-state index is 0.0666. The minimum atomic E-state index is -4.02. The second-order valence-electron chi connectivity index (χ2n) is 7.07. The minimum Gasteiger partial charge on any atom is -0.497 e. The van der Waals surface area contributed by atoms with Gasteiger partial charge in [0.15, 0.2) is 0 Å². The van der Waals surface area contributed by atoms with Crippen molar-refractivity contribution in [3.63, 3.8) is 0 Å². The van der Waals surface area contributed by atoms with E-state index in [4.69, 9.17) is 14.0 Å². The Morgan fingerprint density at radius 1 is 1.13 bits per heavy atom. The molecular formula is C21H27NO8S. The van der Waals surface area contributed by atoms with Crippen molar-refractivity contribution in [2.75, 3.05) is 20.3 Å². The lowest BCUT2D eigenvalue weighted by Gasteiger charge is -2.21. The summed E-state index contributed by atoms with van der Waals surface area (Å²) in [4.78, 5) is 13.2. The van der Waals surface area contributed by atoms with Crippen molar-refractivity contribution in [1.29, 1.82) is 0 Å². The van der Waals surface area contributed by atoms with Crippen LogP contribution < -0.4 is 4.74 Å². The van der Waals surface area contributed by atoms with E-state index in [0.29, 0.717) is 6.42 Å². The highest BCUT2D eigenvalue weighted by Gasteiger charge is 2.34. The fraction of sp³-hybridized carbons (Fsp3) is 0.381. The Morgan fingerprint density at radius 3 is 2.26 bits per heavy atom. The number of carbonyl (C=O) groups excluding carboxylic acids is 1. The van der Waals surface area contributed by atoms with Gasteiger partial charge in [0, 0.05) is 0 Å². The molecule has 1 fully saturated rings. The maximum absolute atomic E-state index is 11.9. The van der Waals surface area contributed by atoms with Gasteiger partial charge in [0.05, 0.1) is 37.3 Å². The predicted molar refractivity (Wildman–Crippen MR) is 112 cm³/mol. The van der Waals surface area contributed by atoms with Crippen LogP contribution in [0.3, 0.4) is 0 Å². The first-order chi connectivity index (χ1) is 14.6. The highest BCUT2D eigenvalue weighted by Crippen LogP contribution is 2.19. The Hall–Kier alpha value is -2.66. The summed E-state index contributed by atoms with van der Waals surface area (Å²) >= 11 is 0. The van der Waals surface area contributed by atoms with E-state index < -0.39 is 22.3 Å². The van der Waals surface area contributed by atoms with Gasteiger partial charge in [0.2, 0.25) is 0 Å². The standard InChI is InChI=1S/C14H19NO5.C7H8O3S/c1-19-13-4-2-10(3-5-13)9-20-14(18)15-7-12(17)6-11(15)8-16;1-6-2-4-7(5-3-6)11(8,9)10/h2-5,11-12,16-17H,6-9H2,1H3;2-5H,1H3,(H,8,9,10)/t11-,12+;/m0./s1. The first-order valence-corrected chi connectivity index (χ1v) is 11.0. The fourth-order valence-electron chi connectivity index (χ4n) is 2.95. The summed E-state index contributed by atoms with van der Waals surface area (Å²) < 4.78 is 39.8. The number of aryl methyl sites for hydroxylation is 1. The number of carbonyl (C=O) groups is 1. The quantitative estimate of drug-likeness (QED) is 0.586. The predicted octanol–water partition coefficient (Wildman–Crippen LogP) is 2.00. The zero-order chi connectivity index (χ0) is 23.0. The average Bonchev–Trinajstić information content (AvgIpc) is 3.13. The van der Waals surface area contributed by atoms with E-state index in [2.05, 4.69) is 0 Å². The molecule has 0 radical (unpaired) electrons. The zero-order valence-electron chi connectivity index (χ0n) is 17.3. The molecule has 3 rings (SSSR count). The van der Waals surface area contributed by atoms with Crippen LogP contribution >= 0.6 is 0 Å². The first kappa shape index (κ1) is 24.6. The van der Waals surface area contributed by atoms with Crippen LogP contribution in [0.2, 0.25) is 0 Å². The molecule has 2 aromatic rings. The number of hydrogen-bond donors (Lipinski definition) is 3. The molecule has 0 aromatic heterocycles. The van der Waals surface area contributed by atoms with Crippen LogP contribution in [-0.2, 0) is 21.5 Å². The van der Waals surface area contributed by atoms with Gasteiger partial charge in [0.25, 0.3) is 10.1 Å². The third kappa shape index (κ3) is 7.51. The smallest absolute Gasteiger partial charge is 0.410 e. The third-order valence-corrected chi connectivity index (χ3v) is 5.55. The van der Waals surface area contributed by atoms with E-state index in [9.17, 15) is 23.4 Å². The first-order valence-electron chi connectivity index (χ1n) is 9.53. The summed E-state index contributed by atoms with van der Waals surface area (Å²) in [6.07, 6.45) is -0.731. The van der Waals surface area contributed by atoms with Crippen LogP contribution in [0.25, 0.3) is 0 Å². The van der Waals surface area contributed by atoms with E-state index >= 15 is 0 Å². The molecule has 10 heteroatoms. The van der Waals surface area contributed by atoms with E-state index in [1.54, 1.807) is 31.4 Å². The Morgan fingerprint density at radius 2 is 1.74 bits per heavy atom. The van der Waals surface area contributed by atoms with Gasteiger partial charge in [0.1, 0.15) is 12.4 Å². The van der Waals surface area contributed by atoms with Gasteiger partial charge in [-0.05, 0) is 43.2 Å². The van der Waals surface area contributed by atoms with Crippen LogP contribution in [0.4, 0.5) is 4.79 Å². The lowest BCUT2D eigenvalue weighted by molar-refractivity contribution is 0.0772. The lowest BCUT2D eigenvalue weighted by atomic mass is 10.2. The molecule has 0 saturated carbocycles. The maximum atomic E-state index is 11.9. The maximum Gasteiger partial charge on any atom is 0.410 e. The Balaban J connectivity index is 0.000000262. The summed E-state index contributed by atoms with van der Waals surface area (Å²) in [7, 11) is -2.43. The van der Waals surface area contributed by atoms with Crippen molar-refractivity contribution in [2.24, 2.45) is 0 Å². The Kier molecular flexibility index (Phi) is 8.81. The summed E-state index contributed by atoms with van der Waals surface area (Å²) in [5.41, 5.74) is 1.80. The number of benzene rings is 2. The van der Waals surface area contributed by atoms with Crippen molar-refractivity contribution in [2.45, 2.75) is 37.0 Å². The van der Waals surface area contributed by atoms with Crippen molar-refractivity contribution in [3.05, 3.63) is 59.7 Å². The molecule has 0 unspecified atom stereocenters. The summed E-state index contributed by atoms with van der Waals surface area (Å²) in [5.74, 6) is 0.739. The van der Waals surface area contributed by atoms with Gasteiger partial charge >= 0.3 is 6.09 Å². The molecule has 31 heavy (non-hydrogen) atoms. The van der Waals surface area contributed by atoms with Crippen LogP contribution in [-0.4, -0.2) is 66.6 Å². The largest absolute Gasteiger partial charge is 0.497 e. The number of hydrogen-bond acceptors (Lipinski definition) is 7. The van der Waals surface area contributed by atoms with Gasteiger partial charge < -0.3 is 24.6 Å². The van der Waals surface area contributed by atoms with Gasteiger partial charge in [-0.25, -0.2) is 4.79 Å². The highest BCUT2D eigenvalue weighted by molar-refractivity contribution is 7.85. The lowest BCUT2D eigenvalue weighted by Crippen LogP contribution is -2.38. The van der Waals surface area contributed by atoms with Crippen molar-refractivity contribution in [3.8, 4) is 5.75 Å². The number of likely N-dealkylation sites (tertiary alicyclic amines) is 1. The van der Waals surface area contributed by atoms with Crippen molar-refractivity contribution >= 4 is 16.2 Å².